The molecule has 0 aliphatic rings. The molecule has 2 nitrogen and oxygen atoms in total. The van der Waals surface area contributed by atoms with Crippen LogP contribution in [0.25, 0.3) is 0 Å². The van der Waals surface area contributed by atoms with Crippen LogP contribution in [0, 0.1) is 29.1 Å². The molecule has 0 aliphatic carbocycles. The molecule has 0 bridgehead atoms. The van der Waals surface area contributed by atoms with Gasteiger partial charge in [0.15, 0.2) is 23.3 Å². The van der Waals surface area contributed by atoms with Gasteiger partial charge >= 0.3 is 5.97 Å². The molecule has 0 aliphatic heterocycles. The van der Waals surface area contributed by atoms with E-state index in [2.05, 4.69) is 0 Å². The van der Waals surface area contributed by atoms with Crippen molar-refractivity contribution < 1.29 is 31.5 Å². The summed E-state index contributed by atoms with van der Waals surface area (Å²) in [7, 11) is 0. The number of carbonyl (C=O) groups excluding carboxylic acids is 1. The molecule has 2 aromatic carbocycles. The summed E-state index contributed by atoms with van der Waals surface area (Å²) >= 11 is 0. The standard InChI is InChI=1S/C18H15F5O2/c1-18(2,3)25-17(24)10(9-7-5-4-6-8-9)11-12(19)14(21)16(23)15(22)13(11)20/h4-8,10H,1-3H3. The van der Waals surface area contributed by atoms with Crippen LogP contribution >= 0.6 is 0 Å². The molecule has 0 spiro atoms. The molecular formula is C18H15F5O2. The highest BCUT2D eigenvalue weighted by Crippen LogP contribution is 2.34. The third-order valence-electron chi connectivity index (χ3n) is 3.31. The molecule has 7 heteroatoms. The van der Waals surface area contributed by atoms with Gasteiger partial charge in [-0.15, -0.1) is 0 Å². The Morgan fingerprint density at radius 1 is 0.840 bits per heavy atom. The van der Waals surface area contributed by atoms with Crippen LogP contribution in [0.15, 0.2) is 30.3 Å². The van der Waals surface area contributed by atoms with Crippen molar-refractivity contribution >= 4 is 5.97 Å². The van der Waals surface area contributed by atoms with Crippen molar-refractivity contribution in [2.24, 2.45) is 0 Å². The number of hydrogen-bond donors (Lipinski definition) is 0. The zero-order valence-electron chi connectivity index (χ0n) is 13.7. The monoisotopic (exact) mass is 358 g/mol. The number of halogens is 5. The molecule has 25 heavy (non-hydrogen) atoms. The fourth-order valence-corrected chi connectivity index (χ4v) is 2.30. The second kappa shape index (κ2) is 6.82. The maximum atomic E-state index is 14.2. The lowest BCUT2D eigenvalue weighted by Crippen LogP contribution is -2.29. The molecule has 1 atom stereocenters. The van der Waals surface area contributed by atoms with Crippen LogP contribution in [0.3, 0.4) is 0 Å². The third-order valence-corrected chi connectivity index (χ3v) is 3.31. The van der Waals surface area contributed by atoms with Gasteiger partial charge in [-0.05, 0) is 26.3 Å². The van der Waals surface area contributed by atoms with E-state index in [9.17, 15) is 26.7 Å². The fourth-order valence-electron chi connectivity index (χ4n) is 2.30. The van der Waals surface area contributed by atoms with Crippen molar-refractivity contribution in [3.8, 4) is 0 Å². The quantitative estimate of drug-likeness (QED) is 0.339. The van der Waals surface area contributed by atoms with Crippen molar-refractivity contribution in [2.75, 3.05) is 0 Å². The molecule has 1 unspecified atom stereocenters. The summed E-state index contributed by atoms with van der Waals surface area (Å²) in [5.41, 5.74) is -2.22. The van der Waals surface area contributed by atoms with E-state index in [-0.39, 0.29) is 5.56 Å². The predicted molar refractivity (Wildman–Crippen MR) is 80.4 cm³/mol. The van der Waals surface area contributed by atoms with E-state index in [1.165, 1.54) is 45.0 Å². The van der Waals surface area contributed by atoms with Crippen LogP contribution in [-0.4, -0.2) is 11.6 Å². The van der Waals surface area contributed by atoms with E-state index in [1.54, 1.807) is 6.07 Å². The van der Waals surface area contributed by atoms with Crippen LogP contribution in [-0.2, 0) is 9.53 Å². The summed E-state index contributed by atoms with van der Waals surface area (Å²) in [5.74, 6) is -13.6. The predicted octanol–water partition coefficient (Wildman–Crippen LogP) is 4.86. The normalized spacial score (nSPS) is 12.8. The summed E-state index contributed by atoms with van der Waals surface area (Å²) < 4.78 is 73.9. The van der Waals surface area contributed by atoms with Gasteiger partial charge in [0, 0.05) is 5.56 Å². The minimum atomic E-state index is -2.28. The molecule has 0 fully saturated rings. The number of carbonyl (C=O) groups is 1. The summed E-state index contributed by atoms with van der Waals surface area (Å²) in [5, 5.41) is 0. The van der Waals surface area contributed by atoms with Crippen molar-refractivity contribution in [1.29, 1.82) is 0 Å². The first-order valence-electron chi connectivity index (χ1n) is 7.33. The first kappa shape index (κ1) is 18.9. The molecule has 0 saturated heterocycles. The van der Waals surface area contributed by atoms with E-state index >= 15 is 0 Å². The average Bonchev–Trinajstić information content (AvgIpc) is 2.54. The first-order valence-corrected chi connectivity index (χ1v) is 7.33. The molecule has 0 radical (unpaired) electrons. The highest BCUT2D eigenvalue weighted by molar-refractivity contribution is 5.82. The van der Waals surface area contributed by atoms with Gasteiger partial charge in [0.2, 0.25) is 5.82 Å². The number of hydrogen-bond acceptors (Lipinski definition) is 2. The second-order valence-corrected chi connectivity index (χ2v) is 6.36. The maximum absolute atomic E-state index is 14.2. The zero-order valence-corrected chi connectivity index (χ0v) is 13.7. The summed E-state index contributed by atoms with van der Waals surface area (Å²) in [6.45, 7) is 4.56. The van der Waals surface area contributed by atoms with Gasteiger partial charge in [-0.2, -0.15) is 0 Å². The molecule has 0 saturated carbocycles. The molecule has 134 valence electrons. The van der Waals surface area contributed by atoms with E-state index < -0.39 is 52.1 Å². The molecule has 0 aromatic heterocycles. The number of rotatable bonds is 3. The SMILES string of the molecule is CC(C)(C)OC(=O)C(c1ccccc1)c1c(F)c(F)c(F)c(F)c1F. The number of esters is 1. The molecule has 0 N–H and O–H groups in total. The van der Waals surface area contributed by atoms with Crippen LogP contribution < -0.4 is 0 Å². The van der Waals surface area contributed by atoms with Gasteiger partial charge in [0.1, 0.15) is 11.5 Å². The van der Waals surface area contributed by atoms with Crippen molar-refractivity contribution in [1.82, 2.24) is 0 Å². The molecular weight excluding hydrogens is 343 g/mol. The molecule has 0 heterocycles. The Hall–Kier alpha value is -2.44. The molecule has 2 aromatic rings. The lowest BCUT2D eigenvalue weighted by atomic mass is 9.90. The lowest BCUT2D eigenvalue weighted by molar-refractivity contribution is -0.155. The lowest BCUT2D eigenvalue weighted by Gasteiger charge is -2.25. The minimum Gasteiger partial charge on any atom is -0.459 e. The Kier molecular flexibility index (Phi) is 5.15. The van der Waals surface area contributed by atoms with E-state index in [4.69, 9.17) is 4.74 Å². The van der Waals surface area contributed by atoms with Gasteiger partial charge in [-0.25, -0.2) is 22.0 Å². The zero-order chi connectivity index (χ0) is 18.9. The minimum absolute atomic E-state index is 0.0416. The Bertz CT molecular complexity index is 768. The van der Waals surface area contributed by atoms with Crippen LogP contribution in [0.2, 0.25) is 0 Å². The topological polar surface area (TPSA) is 26.3 Å². The van der Waals surface area contributed by atoms with Gasteiger partial charge in [-0.3, -0.25) is 4.79 Å². The van der Waals surface area contributed by atoms with Crippen molar-refractivity contribution in [3.05, 3.63) is 70.5 Å². The number of ether oxygens (including phenoxy) is 1. The van der Waals surface area contributed by atoms with E-state index in [0.717, 1.165) is 0 Å². The Morgan fingerprint density at radius 2 is 1.28 bits per heavy atom. The molecule has 0 amide bonds. The first-order chi connectivity index (χ1) is 11.5. The van der Waals surface area contributed by atoms with E-state index in [1.807, 2.05) is 0 Å². The maximum Gasteiger partial charge on any atom is 0.318 e. The largest absolute Gasteiger partial charge is 0.459 e. The van der Waals surface area contributed by atoms with Gasteiger partial charge in [-0.1, -0.05) is 30.3 Å². The second-order valence-electron chi connectivity index (χ2n) is 6.36. The number of benzene rings is 2. The average molecular weight is 358 g/mol. The van der Waals surface area contributed by atoms with Crippen LogP contribution in [0.1, 0.15) is 37.8 Å². The van der Waals surface area contributed by atoms with Gasteiger partial charge < -0.3 is 4.74 Å². The molecule has 2 rings (SSSR count). The smallest absolute Gasteiger partial charge is 0.318 e. The van der Waals surface area contributed by atoms with Crippen molar-refractivity contribution in [3.63, 3.8) is 0 Å². The summed E-state index contributed by atoms with van der Waals surface area (Å²) in [6, 6.07) is 7.20. The highest BCUT2D eigenvalue weighted by Gasteiger charge is 2.37. The third kappa shape index (κ3) is 3.81. The van der Waals surface area contributed by atoms with Gasteiger partial charge in [0.05, 0.1) is 0 Å². The van der Waals surface area contributed by atoms with Crippen LogP contribution in [0.5, 0.6) is 0 Å². The summed E-state index contributed by atoms with van der Waals surface area (Å²) in [6.07, 6.45) is 0. The fraction of sp³-hybridized carbons (Fsp3) is 0.278. The Labute approximate surface area is 141 Å². The Morgan fingerprint density at radius 3 is 1.72 bits per heavy atom. The van der Waals surface area contributed by atoms with Gasteiger partial charge in [0.25, 0.3) is 0 Å². The highest BCUT2D eigenvalue weighted by atomic mass is 19.2. The Balaban J connectivity index is 2.72. The van der Waals surface area contributed by atoms with Crippen molar-refractivity contribution in [2.45, 2.75) is 32.3 Å². The summed E-state index contributed by atoms with van der Waals surface area (Å²) in [4.78, 5) is 12.5. The van der Waals surface area contributed by atoms with Crippen LogP contribution in [0.4, 0.5) is 22.0 Å². The van der Waals surface area contributed by atoms with E-state index in [0.29, 0.717) is 0 Å².